The Morgan fingerprint density at radius 3 is 2.69 bits per heavy atom. The standard InChI is InChI=1S/C22H23N5O3S2/c1-3-27-20-8-7-17(32(23,29)30)12-18(20)26-21(27)9-10-22(28)25-16-6-4-5-15(11-16)19-13-31-14(2)24-19/h4-8,11-13H,3,9-10H2,1-2H3,(H,25,28)(H2,23,29,30). The third-order valence-corrected chi connectivity index (χ3v) is 6.76. The number of hydrogen-bond donors (Lipinski definition) is 2. The zero-order valence-corrected chi connectivity index (χ0v) is 19.3. The minimum atomic E-state index is -3.80. The highest BCUT2D eigenvalue weighted by molar-refractivity contribution is 7.89. The number of primary sulfonamides is 1. The summed E-state index contributed by atoms with van der Waals surface area (Å²) in [5, 5.41) is 11.1. The van der Waals surface area contributed by atoms with Gasteiger partial charge in [-0.25, -0.2) is 23.5 Å². The van der Waals surface area contributed by atoms with Crippen LogP contribution in [0.2, 0.25) is 0 Å². The molecule has 4 rings (SSSR count). The van der Waals surface area contributed by atoms with Gasteiger partial charge in [-0.05, 0) is 44.2 Å². The van der Waals surface area contributed by atoms with Crippen molar-refractivity contribution in [2.75, 3.05) is 5.32 Å². The fraction of sp³-hybridized carbons (Fsp3) is 0.227. The van der Waals surface area contributed by atoms with Crippen LogP contribution in [0.1, 0.15) is 24.2 Å². The molecule has 2 heterocycles. The Morgan fingerprint density at radius 2 is 2.00 bits per heavy atom. The number of hydrogen-bond acceptors (Lipinski definition) is 6. The molecule has 0 aliphatic rings. The van der Waals surface area contributed by atoms with E-state index in [9.17, 15) is 13.2 Å². The molecule has 10 heteroatoms. The van der Waals surface area contributed by atoms with Crippen LogP contribution in [0.25, 0.3) is 22.3 Å². The lowest BCUT2D eigenvalue weighted by molar-refractivity contribution is -0.116. The summed E-state index contributed by atoms with van der Waals surface area (Å²) in [6, 6.07) is 12.2. The van der Waals surface area contributed by atoms with Gasteiger partial charge in [-0.1, -0.05) is 12.1 Å². The number of benzene rings is 2. The molecule has 0 fully saturated rings. The minimum absolute atomic E-state index is 0.0187. The lowest BCUT2D eigenvalue weighted by atomic mass is 10.1. The zero-order valence-electron chi connectivity index (χ0n) is 17.7. The molecule has 0 unspecified atom stereocenters. The number of aromatic nitrogens is 3. The molecule has 0 saturated carbocycles. The van der Waals surface area contributed by atoms with Crippen LogP contribution in [-0.4, -0.2) is 28.9 Å². The Labute approximate surface area is 190 Å². The van der Waals surface area contributed by atoms with Crippen molar-refractivity contribution in [2.45, 2.75) is 38.1 Å². The van der Waals surface area contributed by atoms with Gasteiger partial charge in [0.1, 0.15) is 5.82 Å². The molecule has 0 atom stereocenters. The van der Waals surface area contributed by atoms with Crippen LogP contribution < -0.4 is 10.5 Å². The SMILES string of the molecule is CCn1c(CCC(=O)Nc2cccc(-c3csc(C)n3)c2)nc2cc(S(N)(=O)=O)ccc21. The molecule has 32 heavy (non-hydrogen) atoms. The molecule has 8 nitrogen and oxygen atoms in total. The van der Waals surface area contributed by atoms with Crippen LogP contribution in [0.4, 0.5) is 5.69 Å². The highest BCUT2D eigenvalue weighted by Gasteiger charge is 2.15. The van der Waals surface area contributed by atoms with E-state index in [4.69, 9.17) is 5.14 Å². The van der Waals surface area contributed by atoms with Gasteiger partial charge in [0.2, 0.25) is 15.9 Å². The molecule has 3 N–H and O–H groups in total. The second kappa shape index (κ2) is 8.81. The van der Waals surface area contributed by atoms with E-state index in [1.54, 1.807) is 17.4 Å². The Morgan fingerprint density at radius 1 is 1.19 bits per heavy atom. The molecular formula is C22H23N5O3S2. The van der Waals surface area contributed by atoms with Gasteiger partial charge in [0, 0.05) is 36.0 Å². The van der Waals surface area contributed by atoms with Crippen molar-refractivity contribution in [3.05, 3.63) is 58.7 Å². The molecule has 2 aromatic carbocycles. The monoisotopic (exact) mass is 469 g/mol. The van der Waals surface area contributed by atoms with E-state index in [1.165, 1.54) is 12.1 Å². The number of nitrogens with two attached hydrogens (primary N) is 1. The van der Waals surface area contributed by atoms with Crippen molar-refractivity contribution < 1.29 is 13.2 Å². The van der Waals surface area contributed by atoms with Gasteiger partial charge in [0.05, 0.1) is 26.6 Å². The first-order valence-corrected chi connectivity index (χ1v) is 12.5. The quantitative estimate of drug-likeness (QED) is 0.428. The van der Waals surface area contributed by atoms with Gasteiger partial charge >= 0.3 is 0 Å². The Balaban J connectivity index is 1.48. The number of thiazole rings is 1. The van der Waals surface area contributed by atoms with Crippen molar-refractivity contribution in [1.29, 1.82) is 0 Å². The third-order valence-electron chi connectivity index (χ3n) is 5.08. The van der Waals surface area contributed by atoms with Crippen LogP contribution in [0.5, 0.6) is 0 Å². The Hall–Kier alpha value is -3.08. The zero-order chi connectivity index (χ0) is 22.9. The van der Waals surface area contributed by atoms with E-state index >= 15 is 0 Å². The van der Waals surface area contributed by atoms with Crippen LogP contribution in [0.15, 0.2) is 52.7 Å². The molecule has 0 radical (unpaired) electrons. The highest BCUT2D eigenvalue weighted by Crippen LogP contribution is 2.25. The number of imidazole rings is 1. The topological polar surface area (TPSA) is 120 Å². The first-order valence-electron chi connectivity index (χ1n) is 10.1. The maximum absolute atomic E-state index is 12.6. The summed E-state index contributed by atoms with van der Waals surface area (Å²) < 4.78 is 25.2. The highest BCUT2D eigenvalue weighted by atomic mass is 32.2. The van der Waals surface area contributed by atoms with Crippen LogP contribution in [0, 0.1) is 6.92 Å². The van der Waals surface area contributed by atoms with Crippen molar-refractivity contribution in [2.24, 2.45) is 5.14 Å². The fourth-order valence-corrected chi connectivity index (χ4v) is 4.74. The molecule has 0 aliphatic carbocycles. The predicted octanol–water partition coefficient (Wildman–Crippen LogP) is 3.71. The molecule has 0 spiro atoms. The maximum atomic E-state index is 12.6. The summed E-state index contributed by atoms with van der Waals surface area (Å²) in [5.41, 5.74) is 3.89. The van der Waals surface area contributed by atoms with Crippen molar-refractivity contribution >= 4 is 44.0 Å². The number of sulfonamides is 1. The lowest BCUT2D eigenvalue weighted by Crippen LogP contribution is -2.14. The predicted molar refractivity (Wildman–Crippen MR) is 126 cm³/mol. The summed E-state index contributed by atoms with van der Waals surface area (Å²) in [5.74, 6) is 0.590. The van der Waals surface area contributed by atoms with Crippen molar-refractivity contribution in [3.8, 4) is 11.3 Å². The number of nitrogens with one attached hydrogen (secondary N) is 1. The van der Waals surface area contributed by atoms with E-state index in [0.29, 0.717) is 24.2 Å². The summed E-state index contributed by atoms with van der Waals surface area (Å²) in [6.45, 7) is 4.58. The van der Waals surface area contributed by atoms with E-state index in [1.807, 2.05) is 48.1 Å². The smallest absolute Gasteiger partial charge is 0.238 e. The van der Waals surface area contributed by atoms with E-state index in [0.717, 1.165) is 27.6 Å². The lowest BCUT2D eigenvalue weighted by Gasteiger charge is -2.08. The van der Waals surface area contributed by atoms with E-state index in [-0.39, 0.29) is 17.2 Å². The van der Waals surface area contributed by atoms with Gasteiger partial charge in [-0.2, -0.15) is 0 Å². The molecule has 1 amide bonds. The summed E-state index contributed by atoms with van der Waals surface area (Å²) in [7, 11) is -3.80. The molecule has 2 aromatic heterocycles. The van der Waals surface area contributed by atoms with E-state index in [2.05, 4.69) is 15.3 Å². The van der Waals surface area contributed by atoms with Crippen LogP contribution in [0.3, 0.4) is 0 Å². The molecule has 0 saturated heterocycles. The first-order chi connectivity index (χ1) is 15.2. The number of aryl methyl sites for hydroxylation is 3. The number of carbonyl (C=O) groups is 1. The van der Waals surface area contributed by atoms with E-state index < -0.39 is 10.0 Å². The summed E-state index contributed by atoms with van der Waals surface area (Å²) in [6.07, 6.45) is 0.662. The fourth-order valence-electron chi connectivity index (χ4n) is 3.58. The van der Waals surface area contributed by atoms with Gasteiger partial charge in [-0.3, -0.25) is 4.79 Å². The maximum Gasteiger partial charge on any atom is 0.238 e. The Kier molecular flexibility index (Phi) is 6.09. The normalized spacial score (nSPS) is 11.7. The van der Waals surface area contributed by atoms with Crippen molar-refractivity contribution in [3.63, 3.8) is 0 Å². The molecule has 0 aliphatic heterocycles. The molecular weight excluding hydrogens is 446 g/mol. The minimum Gasteiger partial charge on any atom is -0.328 e. The number of fused-ring (bicyclic) bond motifs is 1. The Bertz CT molecular complexity index is 1410. The second-order valence-electron chi connectivity index (χ2n) is 7.35. The number of rotatable bonds is 7. The van der Waals surface area contributed by atoms with Gasteiger partial charge < -0.3 is 9.88 Å². The summed E-state index contributed by atoms with van der Waals surface area (Å²) in [4.78, 5) is 21.6. The largest absolute Gasteiger partial charge is 0.328 e. The molecule has 0 bridgehead atoms. The summed E-state index contributed by atoms with van der Waals surface area (Å²) >= 11 is 1.58. The van der Waals surface area contributed by atoms with Gasteiger partial charge in [0.15, 0.2) is 0 Å². The average molecular weight is 470 g/mol. The average Bonchev–Trinajstić information content (AvgIpc) is 3.34. The molecule has 4 aromatic rings. The number of carbonyl (C=O) groups excluding carboxylic acids is 1. The third kappa shape index (κ3) is 4.72. The second-order valence-corrected chi connectivity index (χ2v) is 9.97. The molecule has 166 valence electrons. The van der Waals surface area contributed by atoms with Crippen LogP contribution in [-0.2, 0) is 27.8 Å². The number of nitrogens with zero attached hydrogens (tertiary/aromatic N) is 3. The number of anilines is 1. The first kappa shape index (κ1) is 22.1. The van der Waals surface area contributed by atoms with Gasteiger partial charge in [0.25, 0.3) is 0 Å². The number of amides is 1. The van der Waals surface area contributed by atoms with Crippen molar-refractivity contribution in [1.82, 2.24) is 14.5 Å². The van der Waals surface area contributed by atoms with Crippen LogP contribution >= 0.6 is 11.3 Å². The van der Waals surface area contributed by atoms with Gasteiger partial charge in [-0.15, -0.1) is 11.3 Å².